The fourth-order valence-corrected chi connectivity index (χ4v) is 3.79. The summed E-state index contributed by atoms with van der Waals surface area (Å²) in [6.45, 7) is 5.28. The molecule has 3 aromatic carbocycles. The van der Waals surface area contributed by atoms with Gasteiger partial charge in [0.05, 0.1) is 23.8 Å². The lowest BCUT2D eigenvalue weighted by atomic mass is 9.92. The molecule has 0 aromatic heterocycles. The van der Waals surface area contributed by atoms with Crippen molar-refractivity contribution in [1.29, 1.82) is 5.26 Å². The molecule has 1 heterocycles. The lowest BCUT2D eigenvalue weighted by molar-refractivity contribution is -0.0683. The minimum Gasteiger partial charge on any atom is -0.372 e. The van der Waals surface area contributed by atoms with E-state index in [0.29, 0.717) is 24.2 Å². The first-order valence-corrected chi connectivity index (χ1v) is 9.54. The van der Waals surface area contributed by atoms with Crippen molar-refractivity contribution in [2.45, 2.75) is 26.1 Å². The molecule has 0 bridgehead atoms. The minimum atomic E-state index is 0.0277. The molecule has 1 aliphatic heterocycles. The van der Waals surface area contributed by atoms with E-state index in [-0.39, 0.29) is 18.1 Å². The van der Waals surface area contributed by atoms with E-state index >= 15 is 0 Å². The normalized spacial score (nSPS) is 14.1. The lowest BCUT2D eigenvalue weighted by Crippen LogP contribution is -2.55. The van der Waals surface area contributed by atoms with Gasteiger partial charge >= 0.3 is 0 Å². The van der Waals surface area contributed by atoms with Crippen LogP contribution in [0.4, 0.5) is 0 Å². The highest BCUT2D eigenvalue weighted by atomic mass is 16.5. The van der Waals surface area contributed by atoms with Crippen molar-refractivity contribution in [3.8, 4) is 17.2 Å². The Balaban J connectivity index is 1.71. The highest BCUT2D eigenvalue weighted by molar-refractivity contribution is 6.11. The Morgan fingerprint density at radius 1 is 1.00 bits per heavy atom. The van der Waals surface area contributed by atoms with Gasteiger partial charge in [0.1, 0.15) is 0 Å². The third-order valence-corrected chi connectivity index (χ3v) is 5.09. The molecular formula is C24H22N2O2. The van der Waals surface area contributed by atoms with E-state index in [9.17, 15) is 10.1 Å². The predicted molar refractivity (Wildman–Crippen MR) is 110 cm³/mol. The zero-order valence-corrected chi connectivity index (χ0v) is 16.1. The average molecular weight is 370 g/mol. The number of ether oxygens (including phenoxy) is 1. The summed E-state index contributed by atoms with van der Waals surface area (Å²) in [4.78, 5) is 14.9. The van der Waals surface area contributed by atoms with Gasteiger partial charge in [0.15, 0.2) is 0 Å². The molecule has 0 atom stereocenters. The number of likely N-dealkylation sites (tertiary alicyclic amines) is 1. The smallest absolute Gasteiger partial charge is 0.254 e. The number of nitriles is 1. The van der Waals surface area contributed by atoms with Crippen LogP contribution in [0.3, 0.4) is 0 Å². The van der Waals surface area contributed by atoms with Crippen LogP contribution in [-0.2, 0) is 4.74 Å². The summed E-state index contributed by atoms with van der Waals surface area (Å²) < 4.78 is 5.77. The van der Waals surface area contributed by atoms with E-state index in [2.05, 4.69) is 6.07 Å². The largest absolute Gasteiger partial charge is 0.372 e. The number of amides is 1. The van der Waals surface area contributed by atoms with Crippen LogP contribution in [0.5, 0.6) is 0 Å². The number of rotatable bonds is 4. The summed E-state index contributed by atoms with van der Waals surface area (Å²) in [5.41, 5.74) is 3.17. The molecule has 0 aliphatic carbocycles. The summed E-state index contributed by atoms with van der Waals surface area (Å²) in [7, 11) is 0. The maximum atomic E-state index is 13.1. The number of carbonyl (C=O) groups is 1. The van der Waals surface area contributed by atoms with Crippen molar-refractivity contribution in [3.05, 3.63) is 71.8 Å². The second-order valence-corrected chi connectivity index (χ2v) is 7.38. The molecule has 0 spiro atoms. The van der Waals surface area contributed by atoms with Crippen LogP contribution in [0.2, 0.25) is 0 Å². The van der Waals surface area contributed by atoms with Gasteiger partial charge < -0.3 is 9.64 Å². The molecule has 0 radical (unpaired) electrons. The Labute approximate surface area is 165 Å². The highest BCUT2D eigenvalue weighted by Gasteiger charge is 2.33. The van der Waals surface area contributed by atoms with Crippen molar-refractivity contribution >= 4 is 16.7 Å². The summed E-state index contributed by atoms with van der Waals surface area (Å²) in [6.07, 6.45) is 0.291. The molecule has 0 saturated carbocycles. The topological polar surface area (TPSA) is 53.3 Å². The fourth-order valence-electron chi connectivity index (χ4n) is 3.79. The van der Waals surface area contributed by atoms with Crippen molar-refractivity contribution in [1.82, 2.24) is 4.90 Å². The van der Waals surface area contributed by atoms with E-state index in [1.165, 1.54) is 0 Å². The number of hydrogen-bond acceptors (Lipinski definition) is 3. The lowest BCUT2D eigenvalue weighted by Gasteiger charge is -2.40. The summed E-state index contributed by atoms with van der Waals surface area (Å²) in [6, 6.07) is 21.5. The van der Waals surface area contributed by atoms with Gasteiger partial charge in [-0.25, -0.2) is 0 Å². The van der Waals surface area contributed by atoms with Crippen LogP contribution in [-0.4, -0.2) is 36.1 Å². The zero-order chi connectivity index (χ0) is 19.7. The van der Waals surface area contributed by atoms with Gasteiger partial charge in [-0.2, -0.15) is 5.26 Å². The number of hydrogen-bond donors (Lipinski definition) is 0. The number of benzene rings is 3. The Morgan fingerprint density at radius 2 is 1.68 bits per heavy atom. The summed E-state index contributed by atoms with van der Waals surface area (Å²) >= 11 is 0. The van der Waals surface area contributed by atoms with Gasteiger partial charge in [-0.3, -0.25) is 4.79 Å². The third kappa shape index (κ3) is 3.26. The molecule has 140 valence electrons. The molecule has 4 heteroatoms. The van der Waals surface area contributed by atoms with Gasteiger partial charge in [-0.05, 0) is 42.3 Å². The Morgan fingerprint density at radius 3 is 2.43 bits per heavy atom. The Hall–Kier alpha value is -3.16. The van der Waals surface area contributed by atoms with Gasteiger partial charge in [-0.15, -0.1) is 0 Å². The molecule has 28 heavy (non-hydrogen) atoms. The van der Waals surface area contributed by atoms with Gasteiger partial charge in [0, 0.05) is 24.2 Å². The van der Waals surface area contributed by atoms with Crippen LogP contribution in [0.1, 0.15) is 29.8 Å². The number of carbonyl (C=O) groups excluding carboxylic acids is 1. The second-order valence-electron chi connectivity index (χ2n) is 7.38. The van der Waals surface area contributed by atoms with E-state index < -0.39 is 0 Å². The van der Waals surface area contributed by atoms with Crippen LogP contribution < -0.4 is 0 Å². The highest BCUT2D eigenvalue weighted by Crippen LogP contribution is 2.33. The molecular weight excluding hydrogens is 348 g/mol. The molecule has 1 aliphatic rings. The van der Waals surface area contributed by atoms with Crippen molar-refractivity contribution in [2.24, 2.45) is 0 Å². The summed E-state index contributed by atoms with van der Waals surface area (Å²) in [5.74, 6) is 0.0277. The maximum absolute atomic E-state index is 13.1. The van der Waals surface area contributed by atoms with Crippen molar-refractivity contribution in [3.63, 3.8) is 0 Å². The minimum absolute atomic E-state index is 0.0277. The van der Waals surface area contributed by atoms with Crippen LogP contribution in [0.15, 0.2) is 60.7 Å². The van der Waals surface area contributed by atoms with Crippen molar-refractivity contribution < 1.29 is 9.53 Å². The molecule has 1 saturated heterocycles. The van der Waals surface area contributed by atoms with E-state index in [1.807, 2.05) is 79.4 Å². The number of fused-ring (bicyclic) bond motifs is 1. The second kappa shape index (κ2) is 7.46. The third-order valence-electron chi connectivity index (χ3n) is 5.09. The average Bonchev–Trinajstić information content (AvgIpc) is 2.68. The van der Waals surface area contributed by atoms with Crippen LogP contribution in [0.25, 0.3) is 21.9 Å². The Bertz CT molecular complexity index is 1080. The quantitative estimate of drug-likeness (QED) is 0.673. The van der Waals surface area contributed by atoms with Crippen LogP contribution >= 0.6 is 0 Å². The van der Waals surface area contributed by atoms with E-state index in [4.69, 9.17) is 4.74 Å². The Kier molecular flexibility index (Phi) is 4.85. The standard InChI is InChI=1S/C24H22N2O2/c1-16(2)28-18-14-26(15-18)24(27)23-12-6-10-21-20(9-5-11-22(21)23)19-8-4-3-7-17(19)13-25/h3-12,16,18H,14-15H2,1-2H3. The summed E-state index contributed by atoms with van der Waals surface area (Å²) in [5, 5.41) is 11.4. The monoisotopic (exact) mass is 370 g/mol. The first-order valence-electron chi connectivity index (χ1n) is 9.54. The van der Waals surface area contributed by atoms with Gasteiger partial charge in [-0.1, -0.05) is 48.5 Å². The van der Waals surface area contributed by atoms with Crippen molar-refractivity contribution in [2.75, 3.05) is 13.1 Å². The molecule has 4 nitrogen and oxygen atoms in total. The molecule has 0 unspecified atom stereocenters. The predicted octanol–water partition coefficient (Wildman–Crippen LogP) is 4.63. The fraction of sp³-hybridized carbons (Fsp3) is 0.250. The van der Waals surface area contributed by atoms with Gasteiger partial charge in [0.2, 0.25) is 0 Å². The first-order chi connectivity index (χ1) is 13.6. The zero-order valence-electron chi connectivity index (χ0n) is 16.1. The van der Waals surface area contributed by atoms with E-state index in [1.54, 1.807) is 0 Å². The first kappa shape index (κ1) is 18.2. The maximum Gasteiger partial charge on any atom is 0.254 e. The van der Waals surface area contributed by atoms with Gasteiger partial charge in [0.25, 0.3) is 5.91 Å². The molecule has 0 N–H and O–H groups in total. The SMILES string of the molecule is CC(C)OC1CN(C(=O)c2cccc3c(-c4ccccc4C#N)cccc23)C1. The van der Waals surface area contributed by atoms with Crippen LogP contribution in [0, 0.1) is 11.3 Å². The molecule has 3 aromatic rings. The van der Waals surface area contributed by atoms with E-state index in [0.717, 1.165) is 21.9 Å². The molecule has 1 amide bonds. The molecule has 4 rings (SSSR count). The number of nitrogens with zero attached hydrogens (tertiary/aromatic N) is 2. The molecule has 1 fully saturated rings.